The maximum atomic E-state index is 11.4. The first kappa shape index (κ1) is 11.1. The standard InChI is InChI=1S/C9H14N4O2S/c10-8-6-12-9(7-11-8)13-2-1-4-16(14,15)5-3-13/h6-7H,1-5H2,(H2,10,11). The van der Waals surface area contributed by atoms with E-state index in [1.54, 1.807) is 6.20 Å². The van der Waals surface area contributed by atoms with Gasteiger partial charge in [-0.3, -0.25) is 0 Å². The molecule has 1 aliphatic rings. The molecular weight excluding hydrogens is 228 g/mol. The topological polar surface area (TPSA) is 89.2 Å². The molecule has 0 radical (unpaired) electrons. The van der Waals surface area contributed by atoms with Crippen molar-refractivity contribution in [3.8, 4) is 0 Å². The highest BCUT2D eigenvalue weighted by Crippen LogP contribution is 2.13. The maximum absolute atomic E-state index is 11.4. The van der Waals surface area contributed by atoms with E-state index in [9.17, 15) is 8.42 Å². The Hall–Kier alpha value is -1.37. The first-order valence-electron chi connectivity index (χ1n) is 5.10. The summed E-state index contributed by atoms with van der Waals surface area (Å²) in [5.74, 6) is 1.49. The first-order chi connectivity index (χ1) is 7.57. The predicted octanol–water partition coefficient (Wildman–Crippen LogP) is -0.316. The number of hydrogen-bond acceptors (Lipinski definition) is 6. The minimum Gasteiger partial charge on any atom is -0.382 e. The van der Waals surface area contributed by atoms with Crippen molar-refractivity contribution >= 4 is 21.5 Å². The van der Waals surface area contributed by atoms with Gasteiger partial charge in [0.1, 0.15) is 11.6 Å². The van der Waals surface area contributed by atoms with Gasteiger partial charge < -0.3 is 10.6 Å². The van der Waals surface area contributed by atoms with Gasteiger partial charge >= 0.3 is 0 Å². The number of nitrogens with two attached hydrogens (primary N) is 1. The summed E-state index contributed by atoms with van der Waals surface area (Å²) in [7, 11) is -2.88. The minimum atomic E-state index is -2.88. The van der Waals surface area contributed by atoms with Crippen LogP contribution in [0.3, 0.4) is 0 Å². The Morgan fingerprint density at radius 2 is 2.00 bits per heavy atom. The third-order valence-corrected chi connectivity index (χ3v) is 4.25. The molecule has 1 saturated heterocycles. The molecule has 2 heterocycles. The molecule has 0 saturated carbocycles. The molecule has 0 amide bonds. The summed E-state index contributed by atoms with van der Waals surface area (Å²) in [6, 6.07) is 0. The molecule has 1 aromatic heterocycles. The molecule has 0 bridgehead atoms. The van der Waals surface area contributed by atoms with Gasteiger partial charge in [0.2, 0.25) is 0 Å². The number of rotatable bonds is 1. The number of aromatic nitrogens is 2. The van der Waals surface area contributed by atoms with Crippen LogP contribution >= 0.6 is 0 Å². The van der Waals surface area contributed by atoms with Gasteiger partial charge in [0, 0.05) is 13.1 Å². The summed E-state index contributed by atoms with van der Waals surface area (Å²) >= 11 is 0. The van der Waals surface area contributed by atoms with Crippen LogP contribution < -0.4 is 10.6 Å². The fourth-order valence-electron chi connectivity index (χ4n) is 1.66. The summed E-state index contributed by atoms with van der Waals surface area (Å²) < 4.78 is 22.8. The smallest absolute Gasteiger partial charge is 0.152 e. The lowest BCUT2D eigenvalue weighted by atomic mass is 10.4. The number of hydrogen-bond donors (Lipinski definition) is 1. The van der Waals surface area contributed by atoms with E-state index in [1.165, 1.54) is 6.20 Å². The highest BCUT2D eigenvalue weighted by atomic mass is 32.2. The molecule has 6 nitrogen and oxygen atoms in total. The highest BCUT2D eigenvalue weighted by molar-refractivity contribution is 7.91. The molecule has 1 fully saturated rings. The van der Waals surface area contributed by atoms with Crippen molar-refractivity contribution in [2.24, 2.45) is 0 Å². The van der Waals surface area contributed by atoms with Crippen molar-refractivity contribution < 1.29 is 8.42 Å². The molecule has 0 aromatic carbocycles. The number of anilines is 2. The van der Waals surface area contributed by atoms with Gasteiger partial charge in [-0.1, -0.05) is 0 Å². The lowest BCUT2D eigenvalue weighted by molar-refractivity contribution is 0.597. The Kier molecular flexibility index (Phi) is 2.95. The van der Waals surface area contributed by atoms with E-state index in [4.69, 9.17) is 5.73 Å². The molecule has 0 unspecified atom stereocenters. The van der Waals surface area contributed by atoms with Crippen molar-refractivity contribution in [2.45, 2.75) is 6.42 Å². The monoisotopic (exact) mass is 242 g/mol. The van der Waals surface area contributed by atoms with Gasteiger partial charge in [-0.2, -0.15) is 0 Å². The van der Waals surface area contributed by atoms with E-state index in [-0.39, 0.29) is 11.5 Å². The molecule has 2 rings (SSSR count). The van der Waals surface area contributed by atoms with Crippen LogP contribution in [0.1, 0.15) is 6.42 Å². The Balaban J connectivity index is 2.13. The van der Waals surface area contributed by atoms with Crippen molar-refractivity contribution in [1.29, 1.82) is 0 Å². The second-order valence-corrected chi connectivity index (χ2v) is 6.10. The van der Waals surface area contributed by atoms with Crippen LogP contribution in [0, 0.1) is 0 Å². The predicted molar refractivity (Wildman–Crippen MR) is 61.9 cm³/mol. The zero-order valence-electron chi connectivity index (χ0n) is 8.83. The average molecular weight is 242 g/mol. The van der Waals surface area contributed by atoms with Crippen molar-refractivity contribution in [1.82, 2.24) is 9.97 Å². The van der Waals surface area contributed by atoms with E-state index in [0.29, 0.717) is 31.1 Å². The SMILES string of the molecule is Nc1cnc(N2CCCS(=O)(=O)CC2)cn1. The van der Waals surface area contributed by atoms with Crippen LogP contribution in [-0.2, 0) is 9.84 Å². The van der Waals surface area contributed by atoms with E-state index >= 15 is 0 Å². The Bertz CT molecular complexity index is 457. The van der Waals surface area contributed by atoms with E-state index in [0.717, 1.165) is 0 Å². The zero-order valence-corrected chi connectivity index (χ0v) is 9.65. The third-order valence-electron chi connectivity index (χ3n) is 2.54. The van der Waals surface area contributed by atoms with Gasteiger partial charge in [0.15, 0.2) is 9.84 Å². The van der Waals surface area contributed by atoms with Gasteiger partial charge in [-0.25, -0.2) is 18.4 Å². The Labute approximate surface area is 94.4 Å². The summed E-state index contributed by atoms with van der Waals surface area (Å²) in [6.45, 7) is 1.17. The summed E-state index contributed by atoms with van der Waals surface area (Å²) in [6.07, 6.45) is 3.69. The lowest BCUT2D eigenvalue weighted by Gasteiger charge is -2.19. The van der Waals surface area contributed by atoms with E-state index in [2.05, 4.69) is 9.97 Å². The zero-order chi connectivity index (χ0) is 11.6. The molecule has 7 heteroatoms. The Morgan fingerprint density at radius 1 is 1.19 bits per heavy atom. The molecule has 16 heavy (non-hydrogen) atoms. The van der Waals surface area contributed by atoms with Crippen LogP contribution in [0.15, 0.2) is 12.4 Å². The molecule has 0 aliphatic carbocycles. The summed E-state index contributed by atoms with van der Waals surface area (Å²) in [5.41, 5.74) is 5.44. The molecule has 0 atom stereocenters. The number of nitrogen functional groups attached to an aromatic ring is 1. The van der Waals surface area contributed by atoms with Crippen LogP contribution in [0.5, 0.6) is 0 Å². The van der Waals surface area contributed by atoms with Gasteiger partial charge in [-0.05, 0) is 6.42 Å². The van der Waals surface area contributed by atoms with Gasteiger partial charge in [-0.15, -0.1) is 0 Å². The lowest BCUT2D eigenvalue weighted by Crippen LogP contribution is -2.27. The summed E-state index contributed by atoms with van der Waals surface area (Å²) in [4.78, 5) is 10.0. The molecular formula is C9H14N4O2S. The first-order valence-corrected chi connectivity index (χ1v) is 6.92. The number of sulfone groups is 1. The fourth-order valence-corrected chi connectivity index (χ4v) is 2.93. The average Bonchev–Trinajstić information content (AvgIpc) is 2.41. The number of nitrogens with zero attached hydrogens (tertiary/aromatic N) is 3. The van der Waals surface area contributed by atoms with E-state index < -0.39 is 9.84 Å². The molecule has 1 aliphatic heterocycles. The van der Waals surface area contributed by atoms with Gasteiger partial charge in [0.05, 0.1) is 23.9 Å². The largest absolute Gasteiger partial charge is 0.382 e. The van der Waals surface area contributed by atoms with Crippen molar-refractivity contribution in [2.75, 3.05) is 35.2 Å². The maximum Gasteiger partial charge on any atom is 0.152 e. The molecule has 0 spiro atoms. The fraction of sp³-hybridized carbons (Fsp3) is 0.556. The molecule has 2 N–H and O–H groups in total. The van der Waals surface area contributed by atoms with E-state index in [1.807, 2.05) is 4.90 Å². The minimum absolute atomic E-state index is 0.180. The van der Waals surface area contributed by atoms with Crippen LogP contribution in [-0.4, -0.2) is 43.0 Å². The second kappa shape index (κ2) is 4.25. The van der Waals surface area contributed by atoms with Crippen LogP contribution in [0.2, 0.25) is 0 Å². The third kappa shape index (κ3) is 2.60. The second-order valence-electron chi connectivity index (χ2n) is 3.79. The van der Waals surface area contributed by atoms with Crippen molar-refractivity contribution in [3.05, 3.63) is 12.4 Å². The molecule has 88 valence electrons. The normalized spacial score (nSPS) is 20.4. The van der Waals surface area contributed by atoms with Crippen LogP contribution in [0.4, 0.5) is 11.6 Å². The van der Waals surface area contributed by atoms with Crippen LogP contribution in [0.25, 0.3) is 0 Å². The highest BCUT2D eigenvalue weighted by Gasteiger charge is 2.19. The summed E-state index contributed by atoms with van der Waals surface area (Å²) in [5, 5.41) is 0. The van der Waals surface area contributed by atoms with Gasteiger partial charge in [0.25, 0.3) is 0 Å². The quantitative estimate of drug-likeness (QED) is 0.726. The van der Waals surface area contributed by atoms with Crippen molar-refractivity contribution in [3.63, 3.8) is 0 Å². The molecule has 1 aromatic rings. The Morgan fingerprint density at radius 3 is 2.69 bits per heavy atom.